The zero-order valence-corrected chi connectivity index (χ0v) is 20.9. The fourth-order valence-corrected chi connectivity index (χ4v) is 3.44. The van der Waals surface area contributed by atoms with E-state index in [1.165, 1.54) is 0 Å². The molecular formula is C26H35N3O4. The van der Waals surface area contributed by atoms with Crippen molar-refractivity contribution in [2.24, 2.45) is 7.05 Å². The minimum atomic E-state index is -0.978. The molecule has 0 saturated carbocycles. The van der Waals surface area contributed by atoms with Gasteiger partial charge in [-0.3, -0.25) is 4.68 Å². The van der Waals surface area contributed by atoms with Crippen molar-refractivity contribution in [3.05, 3.63) is 52.8 Å². The van der Waals surface area contributed by atoms with Gasteiger partial charge in [0.1, 0.15) is 23.4 Å². The fraction of sp³-hybridized carbons (Fsp3) is 0.500. The Labute approximate surface area is 197 Å². The average molecular weight is 454 g/mol. The first kappa shape index (κ1) is 26.0. The maximum absolute atomic E-state index is 12.1. The van der Waals surface area contributed by atoms with Crippen LogP contribution in [0.2, 0.25) is 0 Å². The second-order valence-electron chi connectivity index (χ2n) is 9.21. The summed E-state index contributed by atoms with van der Waals surface area (Å²) in [6, 6.07) is 11.9. The number of hydrogen-bond donors (Lipinski definition) is 0. The Morgan fingerprint density at radius 2 is 1.79 bits per heavy atom. The third-order valence-corrected chi connectivity index (χ3v) is 5.15. The van der Waals surface area contributed by atoms with Crippen LogP contribution in [0, 0.1) is 18.3 Å². The van der Waals surface area contributed by atoms with Crippen molar-refractivity contribution in [2.75, 3.05) is 0 Å². The lowest BCUT2D eigenvalue weighted by molar-refractivity contribution is -0.0757. The summed E-state index contributed by atoms with van der Waals surface area (Å²) in [5, 5.41) is 14.4. The fourth-order valence-electron chi connectivity index (χ4n) is 3.44. The standard InChI is InChI=1S/C26H35N3O4/c1-9-10-18(3)31-25(30)33-19(4)32-24(23-15-17(2)28-29(23)8)22(16-27)20-11-13-21(14-12-20)26(5,6)7/h11-15,18-19H,9-10H2,1-8H3/b24-22-. The van der Waals surface area contributed by atoms with Gasteiger partial charge in [0.2, 0.25) is 6.29 Å². The minimum absolute atomic E-state index is 0.00877. The van der Waals surface area contributed by atoms with Crippen LogP contribution in [-0.4, -0.2) is 28.3 Å². The first-order chi connectivity index (χ1) is 15.5. The van der Waals surface area contributed by atoms with Crippen molar-refractivity contribution >= 4 is 17.5 Å². The number of rotatable bonds is 8. The molecule has 1 heterocycles. The van der Waals surface area contributed by atoms with Crippen molar-refractivity contribution in [3.63, 3.8) is 0 Å². The molecule has 0 aliphatic rings. The van der Waals surface area contributed by atoms with Gasteiger partial charge in [-0.2, -0.15) is 10.4 Å². The summed E-state index contributed by atoms with van der Waals surface area (Å²) >= 11 is 0. The van der Waals surface area contributed by atoms with Crippen LogP contribution >= 0.6 is 0 Å². The van der Waals surface area contributed by atoms with E-state index >= 15 is 0 Å². The Balaban J connectivity index is 2.41. The molecule has 33 heavy (non-hydrogen) atoms. The van der Waals surface area contributed by atoms with Crippen LogP contribution in [0.4, 0.5) is 4.79 Å². The zero-order chi connectivity index (χ0) is 24.8. The van der Waals surface area contributed by atoms with Gasteiger partial charge in [-0.05, 0) is 42.9 Å². The van der Waals surface area contributed by atoms with Gasteiger partial charge in [0.05, 0.1) is 5.69 Å². The molecule has 1 aromatic carbocycles. The molecule has 2 atom stereocenters. The van der Waals surface area contributed by atoms with Crippen LogP contribution < -0.4 is 0 Å². The van der Waals surface area contributed by atoms with Gasteiger partial charge in [-0.1, -0.05) is 58.4 Å². The maximum atomic E-state index is 12.1. The molecule has 2 unspecified atom stereocenters. The Kier molecular flexibility index (Phi) is 8.69. The van der Waals surface area contributed by atoms with Crippen molar-refractivity contribution in [1.29, 1.82) is 5.26 Å². The Morgan fingerprint density at radius 1 is 1.15 bits per heavy atom. The number of hydrogen-bond acceptors (Lipinski definition) is 6. The molecule has 0 spiro atoms. The molecule has 7 heteroatoms. The number of ether oxygens (including phenoxy) is 3. The number of allylic oxidation sites excluding steroid dienone is 1. The number of nitriles is 1. The van der Waals surface area contributed by atoms with Gasteiger partial charge in [-0.15, -0.1) is 0 Å². The summed E-state index contributed by atoms with van der Waals surface area (Å²) in [7, 11) is 1.77. The van der Waals surface area contributed by atoms with Crippen LogP contribution in [0.3, 0.4) is 0 Å². The summed E-state index contributed by atoms with van der Waals surface area (Å²) in [4.78, 5) is 12.1. The van der Waals surface area contributed by atoms with Crippen LogP contribution in [0.1, 0.15) is 76.9 Å². The maximum Gasteiger partial charge on any atom is 0.511 e. The highest BCUT2D eigenvalue weighted by Gasteiger charge is 2.23. The second-order valence-corrected chi connectivity index (χ2v) is 9.21. The van der Waals surface area contributed by atoms with Gasteiger partial charge in [0.15, 0.2) is 5.76 Å². The number of aryl methyl sites for hydroxylation is 2. The minimum Gasteiger partial charge on any atom is -0.451 e. The SMILES string of the molecule is CCCC(C)OC(=O)OC(C)O/C(=C(/C#N)c1ccc(C(C)(C)C)cc1)c1cc(C)nn1C. The van der Waals surface area contributed by atoms with E-state index in [9.17, 15) is 10.1 Å². The van der Waals surface area contributed by atoms with Gasteiger partial charge >= 0.3 is 6.16 Å². The summed E-state index contributed by atoms with van der Waals surface area (Å²) in [6.45, 7) is 13.7. The van der Waals surface area contributed by atoms with Crippen LogP contribution in [-0.2, 0) is 26.7 Å². The molecule has 1 aromatic heterocycles. The number of aromatic nitrogens is 2. The summed E-state index contributed by atoms with van der Waals surface area (Å²) in [6.07, 6.45) is -0.397. The zero-order valence-electron chi connectivity index (χ0n) is 20.9. The van der Waals surface area contributed by atoms with Crippen molar-refractivity contribution < 1.29 is 19.0 Å². The lowest BCUT2D eigenvalue weighted by Crippen LogP contribution is -2.22. The lowest BCUT2D eigenvalue weighted by Gasteiger charge is -2.21. The molecule has 7 nitrogen and oxygen atoms in total. The molecule has 0 radical (unpaired) electrons. The van der Waals surface area contributed by atoms with E-state index in [1.54, 1.807) is 18.7 Å². The summed E-state index contributed by atoms with van der Waals surface area (Å²) in [5.41, 5.74) is 3.54. The number of benzene rings is 1. The highest BCUT2D eigenvalue weighted by molar-refractivity contribution is 5.94. The third kappa shape index (κ3) is 7.11. The lowest BCUT2D eigenvalue weighted by atomic mass is 9.86. The average Bonchev–Trinajstić information content (AvgIpc) is 3.05. The van der Waals surface area contributed by atoms with Crippen molar-refractivity contribution in [2.45, 2.75) is 79.1 Å². The van der Waals surface area contributed by atoms with E-state index < -0.39 is 12.4 Å². The smallest absolute Gasteiger partial charge is 0.451 e. The first-order valence-electron chi connectivity index (χ1n) is 11.3. The van der Waals surface area contributed by atoms with E-state index in [4.69, 9.17) is 14.2 Å². The molecule has 0 N–H and O–H groups in total. The molecule has 0 saturated heterocycles. The summed E-state index contributed by atoms with van der Waals surface area (Å²) in [5.74, 6) is 0.283. The third-order valence-electron chi connectivity index (χ3n) is 5.15. The van der Waals surface area contributed by atoms with Gasteiger partial charge in [-0.25, -0.2) is 4.79 Å². The predicted octanol–water partition coefficient (Wildman–Crippen LogP) is 6.12. The molecule has 2 aromatic rings. The van der Waals surface area contributed by atoms with Gasteiger partial charge in [0.25, 0.3) is 0 Å². The number of carbonyl (C=O) groups excluding carboxylic acids is 1. The molecule has 0 fully saturated rings. The Hall–Kier alpha value is -3.27. The van der Waals surface area contributed by atoms with Crippen LogP contribution in [0.15, 0.2) is 30.3 Å². The van der Waals surface area contributed by atoms with Crippen LogP contribution in [0.5, 0.6) is 0 Å². The monoisotopic (exact) mass is 453 g/mol. The molecule has 0 aliphatic heterocycles. The largest absolute Gasteiger partial charge is 0.511 e. The van der Waals surface area contributed by atoms with Crippen molar-refractivity contribution in [1.82, 2.24) is 9.78 Å². The predicted molar refractivity (Wildman–Crippen MR) is 128 cm³/mol. The molecule has 0 aliphatic carbocycles. The van der Waals surface area contributed by atoms with Gasteiger partial charge in [0, 0.05) is 14.0 Å². The van der Waals surface area contributed by atoms with E-state index in [1.807, 2.05) is 51.1 Å². The quantitative estimate of drug-likeness (QED) is 0.207. The normalized spacial score (nSPS) is 14.0. The van der Waals surface area contributed by atoms with Crippen molar-refractivity contribution in [3.8, 4) is 6.07 Å². The molecule has 2 rings (SSSR count). The number of carbonyl (C=O) groups is 1. The van der Waals surface area contributed by atoms with E-state index in [0.29, 0.717) is 16.8 Å². The molecule has 178 valence electrons. The van der Waals surface area contributed by atoms with Crippen LogP contribution in [0.25, 0.3) is 11.3 Å². The number of nitrogens with zero attached hydrogens (tertiary/aromatic N) is 3. The van der Waals surface area contributed by atoms with E-state index in [-0.39, 0.29) is 17.3 Å². The first-order valence-corrected chi connectivity index (χ1v) is 11.3. The molecular weight excluding hydrogens is 418 g/mol. The van der Waals surface area contributed by atoms with E-state index in [0.717, 1.165) is 24.1 Å². The molecule has 0 amide bonds. The second kappa shape index (κ2) is 11.0. The molecule has 0 bridgehead atoms. The highest BCUT2D eigenvalue weighted by Crippen LogP contribution is 2.31. The topological polar surface area (TPSA) is 86.4 Å². The Bertz CT molecular complexity index is 1020. The highest BCUT2D eigenvalue weighted by atomic mass is 16.8. The van der Waals surface area contributed by atoms with E-state index in [2.05, 4.69) is 31.9 Å². The van der Waals surface area contributed by atoms with Gasteiger partial charge < -0.3 is 14.2 Å². The summed E-state index contributed by atoms with van der Waals surface area (Å²) < 4.78 is 18.2. The Morgan fingerprint density at radius 3 is 2.27 bits per heavy atom.